The van der Waals surface area contributed by atoms with Crippen LogP contribution in [-0.4, -0.2) is 42.5 Å². The van der Waals surface area contributed by atoms with Gasteiger partial charge in [-0.1, -0.05) is 45.0 Å². The molecule has 1 atom stereocenters. The normalized spacial score (nSPS) is 12.3. The molecule has 0 saturated heterocycles. The van der Waals surface area contributed by atoms with Gasteiger partial charge in [0, 0.05) is 45.0 Å². The summed E-state index contributed by atoms with van der Waals surface area (Å²) in [4.78, 5) is 27.1. The van der Waals surface area contributed by atoms with E-state index in [2.05, 4.69) is 35.7 Å². The van der Waals surface area contributed by atoms with Gasteiger partial charge >= 0.3 is 5.97 Å². The number of fused-ring (bicyclic) bond motifs is 1. The molecule has 222 valence electrons. The topological polar surface area (TPSA) is 99.4 Å². The van der Waals surface area contributed by atoms with Crippen LogP contribution in [-0.2, 0) is 24.9 Å². The number of carboxylic acid groups (broad SMARTS) is 1. The third-order valence-corrected chi connectivity index (χ3v) is 8.30. The van der Waals surface area contributed by atoms with Crippen LogP contribution in [0.3, 0.4) is 0 Å². The van der Waals surface area contributed by atoms with Gasteiger partial charge in [0.05, 0.1) is 25.2 Å². The lowest BCUT2D eigenvalue weighted by atomic mass is 9.94. The fourth-order valence-corrected chi connectivity index (χ4v) is 6.26. The first-order valence-electron chi connectivity index (χ1n) is 14.1. The van der Waals surface area contributed by atoms with Crippen LogP contribution in [0.1, 0.15) is 49.2 Å². The number of hydrogen-bond donors (Lipinski definition) is 1. The average Bonchev–Trinajstić information content (AvgIpc) is 3.24. The van der Waals surface area contributed by atoms with Crippen LogP contribution in [0.15, 0.2) is 78.1 Å². The molecule has 0 fully saturated rings. The van der Waals surface area contributed by atoms with Crippen molar-refractivity contribution in [2.24, 2.45) is 7.05 Å². The van der Waals surface area contributed by atoms with Crippen LogP contribution in [0.5, 0.6) is 11.5 Å². The second-order valence-electron chi connectivity index (χ2n) is 11.5. The molecule has 0 spiro atoms. The minimum atomic E-state index is -0.880. The van der Waals surface area contributed by atoms with E-state index < -0.39 is 11.9 Å². The highest BCUT2D eigenvalue weighted by molar-refractivity contribution is 8.00. The molecule has 0 radical (unpaired) electrons. The SMILES string of the molecule is COc1cnc(-c2cccc(C[C@H](C(=O)O)c3c(SC(C)(C)C)c4cc(OCc5ccc(C)cn5)ccc4n3C)c2)nc1. The molecule has 5 rings (SSSR count). The van der Waals surface area contributed by atoms with Gasteiger partial charge in [-0.2, -0.15) is 0 Å². The number of thioether (sulfide) groups is 1. The number of aliphatic carboxylic acids is 1. The zero-order valence-electron chi connectivity index (χ0n) is 25.3. The van der Waals surface area contributed by atoms with Crippen LogP contribution in [0.25, 0.3) is 22.3 Å². The lowest BCUT2D eigenvalue weighted by Gasteiger charge is -2.22. The lowest BCUT2D eigenvalue weighted by molar-refractivity contribution is -0.139. The smallest absolute Gasteiger partial charge is 0.312 e. The van der Waals surface area contributed by atoms with Crippen LogP contribution in [0.4, 0.5) is 0 Å². The van der Waals surface area contributed by atoms with Crippen molar-refractivity contribution in [2.45, 2.75) is 56.3 Å². The summed E-state index contributed by atoms with van der Waals surface area (Å²) in [5.74, 6) is 0.175. The van der Waals surface area contributed by atoms with E-state index in [1.54, 1.807) is 31.3 Å². The molecule has 1 N–H and O–H groups in total. The van der Waals surface area contributed by atoms with E-state index in [1.807, 2.05) is 79.3 Å². The van der Waals surface area contributed by atoms with Gasteiger partial charge in [0.2, 0.25) is 0 Å². The van der Waals surface area contributed by atoms with E-state index in [4.69, 9.17) is 9.47 Å². The molecule has 0 saturated carbocycles. The Balaban J connectivity index is 1.52. The zero-order chi connectivity index (χ0) is 30.7. The molecule has 8 nitrogen and oxygen atoms in total. The minimum Gasteiger partial charge on any atom is -0.494 e. The maximum Gasteiger partial charge on any atom is 0.312 e. The molecule has 2 aromatic carbocycles. The van der Waals surface area contributed by atoms with Crippen molar-refractivity contribution in [3.05, 3.63) is 95.7 Å². The van der Waals surface area contributed by atoms with E-state index in [0.29, 0.717) is 30.4 Å². The Morgan fingerprint density at radius 1 is 1.00 bits per heavy atom. The predicted molar refractivity (Wildman–Crippen MR) is 170 cm³/mol. The van der Waals surface area contributed by atoms with Gasteiger partial charge < -0.3 is 19.1 Å². The number of carboxylic acids is 1. The van der Waals surface area contributed by atoms with Crippen LogP contribution >= 0.6 is 11.8 Å². The van der Waals surface area contributed by atoms with Crippen molar-refractivity contribution >= 4 is 28.6 Å². The third kappa shape index (κ3) is 7.00. The molecule has 0 amide bonds. The Hall–Kier alpha value is -4.37. The highest BCUT2D eigenvalue weighted by atomic mass is 32.2. The zero-order valence-corrected chi connectivity index (χ0v) is 26.1. The Kier molecular flexibility index (Phi) is 8.73. The highest BCUT2D eigenvalue weighted by Crippen LogP contribution is 2.45. The van der Waals surface area contributed by atoms with E-state index in [1.165, 1.54) is 0 Å². The number of nitrogens with zero attached hydrogens (tertiary/aromatic N) is 4. The number of carbonyl (C=O) groups is 1. The van der Waals surface area contributed by atoms with Gasteiger partial charge in [-0.05, 0) is 54.8 Å². The number of hydrogen-bond acceptors (Lipinski definition) is 7. The van der Waals surface area contributed by atoms with Crippen molar-refractivity contribution in [1.29, 1.82) is 0 Å². The molecular formula is C34H36N4O4S. The number of aryl methyl sites for hydroxylation is 2. The largest absolute Gasteiger partial charge is 0.494 e. The molecule has 9 heteroatoms. The van der Waals surface area contributed by atoms with E-state index in [9.17, 15) is 9.90 Å². The van der Waals surface area contributed by atoms with E-state index in [-0.39, 0.29) is 4.75 Å². The van der Waals surface area contributed by atoms with Crippen molar-refractivity contribution in [3.8, 4) is 22.9 Å². The quantitative estimate of drug-likeness (QED) is 0.169. The van der Waals surface area contributed by atoms with Crippen LogP contribution < -0.4 is 9.47 Å². The molecule has 0 aliphatic rings. The molecule has 0 bridgehead atoms. The molecule has 5 aromatic rings. The summed E-state index contributed by atoms with van der Waals surface area (Å²) in [5.41, 5.74) is 5.36. The monoisotopic (exact) mass is 596 g/mol. The number of pyridine rings is 1. The molecule has 0 aliphatic carbocycles. The van der Waals surface area contributed by atoms with Gasteiger partial charge in [0.15, 0.2) is 11.6 Å². The highest BCUT2D eigenvalue weighted by Gasteiger charge is 2.31. The van der Waals surface area contributed by atoms with Crippen molar-refractivity contribution in [2.75, 3.05) is 7.11 Å². The summed E-state index contributed by atoms with van der Waals surface area (Å²) in [6.07, 6.45) is 5.38. The van der Waals surface area contributed by atoms with Crippen LogP contribution in [0, 0.1) is 6.92 Å². The maximum atomic E-state index is 12.9. The summed E-state index contributed by atoms with van der Waals surface area (Å²) < 4.78 is 13.2. The Labute approximate surface area is 256 Å². The number of rotatable bonds is 10. The fourth-order valence-electron chi connectivity index (χ4n) is 4.99. The molecule has 3 heterocycles. The maximum absolute atomic E-state index is 12.9. The second-order valence-corrected chi connectivity index (χ2v) is 13.4. The van der Waals surface area contributed by atoms with E-state index >= 15 is 0 Å². The molecule has 3 aromatic heterocycles. The summed E-state index contributed by atoms with van der Waals surface area (Å²) in [6, 6.07) is 17.7. The molecule has 0 unspecified atom stereocenters. The van der Waals surface area contributed by atoms with Crippen molar-refractivity contribution in [1.82, 2.24) is 19.5 Å². The molecule has 43 heavy (non-hydrogen) atoms. The second kappa shape index (κ2) is 12.5. The summed E-state index contributed by atoms with van der Waals surface area (Å²) in [7, 11) is 3.51. The first kappa shape index (κ1) is 30.1. The number of methoxy groups -OCH3 is 1. The first-order valence-corrected chi connectivity index (χ1v) is 14.9. The van der Waals surface area contributed by atoms with Gasteiger partial charge in [-0.3, -0.25) is 9.78 Å². The van der Waals surface area contributed by atoms with E-state index in [0.717, 1.165) is 43.9 Å². The lowest BCUT2D eigenvalue weighted by Crippen LogP contribution is -2.19. The van der Waals surface area contributed by atoms with Crippen molar-refractivity contribution in [3.63, 3.8) is 0 Å². The van der Waals surface area contributed by atoms with Crippen LogP contribution in [0.2, 0.25) is 0 Å². The molecular weight excluding hydrogens is 560 g/mol. The average molecular weight is 597 g/mol. The number of aromatic nitrogens is 4. The Morgan fingerprint density at radius 3 is 2.42 bits per heavy atom. The third-order valence-electron chi connectivity index (χ3n) is 7.05. The summed E-state index contributed by atoms with van der Waals surface area (Å²) in [6.45, 7) is 8.76. The minimum absolute atomic E-state index is 0.152. The summed E-state index contributed by atoms with van der Waals surface area (Å²) in [5, 5.41) is 11.6. The van der Waals surface area contributed by atoms with Gasteiger partial charge in [-0.25, -0.2) is 9.97 Å². The number of benzene rings is 2. The van der Waals surface area contributed by atoms with Gasteiger partial charge in [-0.15, -0.1) is 11.8 Å². The standard InChI is InChI=1S/C34H36N4O4S/c1-21-10-11-24(35-17-21)20-42-25-12-13-29-27(16-25)31(43-34(2,3)4)30(38(29)5)28(33(39)40)15-22-8-7-9-23(14-22)32-36-18-26(41-6)19-37-32/h7-14,16-19,28H,15,20H2,1-6H3,(H,39,40)/t28-/m0/s1. The number of ether oxygens (including phenoxy) is 2. The fraction of sp³-hybridized carbons (Fsp3) is 0.294. The summed E-state index contributed by atoms with van der Waals surface area (Å²) >= 11 is 1.68. The van der Waals surface area contributed by atoms with Gasteiger partial charge in [0.1, 0.15) is 18.3 Å². The molecule has 0 aliphatic heterocycles. The Morgan fingerprint density at radius 2 is 1.77 bits per heavy atom. The van der Waals surface area contributed by atoms with Crippen molar-refractivity contribution < 1.29 is 19.4 Å². The predicted octanol–water partition coefficient (Wildman–Crippen LogP) is 7.23. The van der Waals surface area contributed by atoms with Gasteiger partial charge in [0.25, 0.3) is 0 Å². The first-order chi connectivity index (χ1) is 20.5. The Bertz CT molecular complexity index is 1740.